The van der Waals surface area contributed by atoms with E-state index in [0.717, 1.165) is 32.1 Å². The number of hydrogen-bond donors (Lipinski definition) is 3. The smallest absolute Gasteiger partial charge is 0.0879 e. The van der Waals surface area contributed by atoms with Crippen LogP contribution in [0.1, 0.15) is 59.3 Å². The van der Waals surface area contributed by atoms with E-state index in [1.165, 1.54) is 0 Å². The van der Waals surface area contributed by atoms with Crippen molar-refractivity contribution in [3.63, 3.8) is 0 Å². The van der Waals surface area contributed by atoms with E-state index in [-0.39, 0.29) is 52.1 Å². The van der Waals surface area contributed by atoms with Crippen molar-refractivity contribution in [1.29, 1.82) is 0 Å². The molecule has 1 spiro atoms. The van der Waals surface area contributed by atoms with E-state index in [2.05, 4.69) is 36.7 Å². The predicted molar refractivity (Wildman–Crippen MR) is 99.5 cm³/mol. The van der Waals surface area contributed by atoms with Crippen LogP contribution in [0.2, 0.25) is 0 Å². The Morgan fingerprint density at radius 2 is 1.68 bits per heavy atom. The average molecular weight is 417 g/mol. The first kappa shape index (κ1) is 18.7. The maximum absolute atomic E-state index is 10.6. The van der Waals surface area contributed by atoms with Gasteiger partial charge >= 0.3 is 0 Å². The van der Waals surface area contributed by atoms with E-state index in [1.807, 2.05) is 0 Å². The molecule has 1 aliphatic heterocycles. The van der Waals surface area contributed by atoms with E-state index in [4.69, 9.17) is 4.74 Å². The number of alkyl halides is 1. The van der Waals surface area contributed by atoms with Gasteiger partial charge in [-0.15, -0.1) is 0 Å². The summed E-state index contributed by atoms with van der Waals surface area (Å²) in [5, 5.41) is 30.7. The molecule has 0 radical (unpaired) electrons. The molecule has 144 valence electrons. The number of aliphatic hydroxyl groups is 3. The molecule has 3 saturated carbocycles. The van der Waals surface area contributed by atoms with Gasteiger partial charge in [0.15, 0.2) is 0 Å². The number of aliphatic hydroxyl groups excluding tert-OH is 3. The molecule has 3 aliphatic carbocycles. The lowest BCUT2D eigenvalue weighted by Crippen LogP contribution is -2.65. The van der Waals surface area contributed by atoms with Gasteiger partial charge in [-0.2, -0.15) is 0 Å². The minimum atomic E-state index is -0.356. The zero-order chi connectivity index (χ0) is 18.3. The van der Waals surface area contributed by atoms with Crippen LogP contribution in [0.3, 0.4) is 0 Å². The molecule has 0 unspecified atom stereocenters. The molecule has 0 aromatic heterocycles. The fourth-order valence-electron chi connectivity index (χ4n) is 7.73. The Hall–Kier alpha value is 0.320. The highest BCUT2D eigenvalue weighted by Gasteiger charge is 2.72. The first-order valence-corrected chi connectivity index (χ1v) is 10.8. The fourth-order valence-corrected chi connectivity index (χ4v) is 8.91. The second kappa shape index (κ2) is 5.66. The monoisotopic (exact) mass is 416 g/mol. The van der Waals surface area contributed by atoms with Crippen LogP contribution in [0, 0.1) is 28.1 Å². The molecule has 4 nitrogen and oxygen atoms in total. The maximum Gasteiger partial charge on any atom is 0.0879 e. The van der Waals surface area contributed by atoms with Crippen LogP contribution >= 0.6 is 15.9 Å². The molecule has 4 aliphatic rings. The van der Waals surface area contributed by atoms with Gasteiger partial charge in [-0.1, -0.05) is 36.7 Å². The van der Waals surface area contributed by atoms with Gasteiger partial charge in [0.25, 0.3) is 0 Å². The Morgan fingerprint density at radius 3 is 2.32 bits per heavy atom. The van der Waals surface area contributed by atoms with Crippen molar-refractivity contribution in [2.75, 3.05) is 13.2 Å². The van der Waals surface area contributed by atoms with Crippen LogP contribution in [-0.2, 0) is 4.74 Å². The van der Waals surface area contributed by atoms with E-state index in [9.17, 15) is 15.3 Å². The summed E-state index contributed by atoms with van der Waals surface area (Å²) in [6.45, 7) is 6.95. The SMILES string of the molecule is C[C@@]1(CO)C[C@@H](O)C[C@]2(C)[C@@H]1CC[C@@]13O[C@@H](CO)[C@@](C)(CC[C@@H]21)[C@H]3Br. The first-order valence-electron chi connectivity index (χ1n) is 9.88. The lowest BCUT2D eigenvalue weighted by Gasteiger charge is -2.65. The summed E-state index contributed by atoms with van der Waals surface area (Å²) >= 11 is 4.00. The number of rotatable bonds is 2. The Labute approximate surface area is 159 Å². The standard InChI is InChI=1S/C20H33BrO4/c1-17(11-23)8-12(24)9-19(3)13(17)5-7-20-14(19)4-6-18(2,16(20)21)15(10-22)25-20/h12-16,22-24H,4-11H2,1-3H3/t12-,13-,14+,15+,16-,17+,18-,19-,20-/m1/s1. The second-order valence-electron chi connectivity index (χ2n) is 10.2. The van der Waals surface area contributed by atoms with Gasteiger partial charge in [0.1, 0.15) is 0 Å². The summed E-state index contributed by atoms with van der Waals surface area (Å²) in [4.78, 5) is 0.237. The largest absolute Gasteiger partial charge is 0.396 e. The highest BCUT2D eigenvalue weighted by Crippen LogP contribution is 2.71. The van der Waals surface area contributed by atoms with Crippen molar-refractivity contribution in [1.82, 2.24) is 0 Å². The van der Waals surface area contributed by atoms with Crippen LogP contribution in [-0.4, -0.2) is 51.2 Å². The molecule has 25 heavy (non-hydrogen) atoms. The third-order valence-corrected chi connectivity index (χ3v) is 10.6. The van der Waals surface area contributed by atoms with E-state index >= 15 is 0 Å². The van der Waals surface area contributed by atoms with Gasteiger partial charge < -0.3 is 20.1 Å². The molecule has 1 heterocycles. The summed E-state index contributed by atoms with van der Waals surface area (Å²) in [6.07, 6.45) is 5.14. The molecule has 2 bridgehead atoms. The van der Waals surface area contributed by atoms with E-state index < -0.39 is 0 Å². The Morgan fingerprint density at radius 1 is 1.00 bits per heavy atom. The van der Waals surface area contributed by atoms with E-state index in [1.54, 1.807) is 0 Å². The highest BCUT2D eigenvalue weighted by molar-refractivity contribution is 9.09. The molecule has 0 amide bonds. The first-order chi connectivity index (χ1) is 11.7. The molecule has 0 aromatic carbocycles. The normalized spacial score (nSPS) is 60.8. The molecule has 0 aromatic rings. The zero-order valence-electron chi connectivity index (χ0n) is 15.7. The summed E-state index contributed by atoms with van der Waals surface area (Å²) in [7, 11) is 0. The van der Waals surface area contributed by atoms with Gasteiger partial charge in [-0.3, -0.25) is 0 Å². The second-order valence-corrected chi connectivity index (χ2v) is 11.1. The van der Waals surface area contributed by atoms with Crippen molar-refractivity contribution in [3.8, 4) is 0 Å². The van der Waals surface area contributed by atoms with Crippen LogP contribution in [0.15, 0.2) is 0 Å². The summed E-state index contributed by atoms with van der Waals surface area (Å²) in [5.41, 5.74) is -0.530. The topological polar surface area (TPSA) is 69.9 Å². The molecule has 3 N–H and O–H groups in total. The minimum absolute atomic E-state index is 0.0258. The Balaban J connectivity index is 1.77. The maximum atomic E-state index is 10.6. The lowest BCUT2D eigenvalue weighted by molar-refractivity contribution is -0.215. The number of fused-ring (bicyclic) bond motifs is 3. The molecule has 4 rings (SSSR count). The molecule has 5 heteroatoms. The Bertz CT molecular complexity index is 558. The van der Waals surface area contributed by atoms with Crippen LogP contribution in [0.5, 0.6) is 0 Å². The average Bonchev–Trinajstić information content (AvgIpc) is 2.68. The van der Waals surface area contributed by atoms with Gasteiger partial charge in [0.2, 0.25) is 0 Å². The number of hydrogen-bond acceptors (Lipinski definition) is 4. The fraction of sp³-hybridized carbons (Fsp3) is 1.00. The van der Waals surface area contributed by atoms with Crippen LogP contribution < -0.4 is 0 Å². The van der Waals surface area contributed by atoms with Gasteiger partial charge in [-0.05, 0) is 61.2 Å². The molecule has 9 atom stereocenters. The van der Waals surface area contributed by atoms with Crippen molar-refractivity contribution in [2.45, 2.75) is 81.9 Å². The third-order valence-electron chi connectivity index (χ3n) is 8.83. The minimum Gasteiger partial charge on any atom is -0.396 e. The van der Waals surface area contributed by atoms with Gasteiger partial charge in [-0.25, -0.2) is 0 Å². The summed E-state index contributed by atoms with van der Waals surface area (Å²) in [6, 6.07) is 0. The Kier molecular flexibility index (Phi) is 4.23. The quantitative estimate of drug-likeness (QED) is 0.605. The zero-order valence-corrected chi connectivity index (χ0v) is 17.3. The molecule has 4 fully saturated rings. The number of halogens is 1. The predicted octanol–water partition coefficient (Wildman–Crippen LogP) is 2.87. The van der Waals surface area contributed by atoms with Crippen LogP contribution in [0.4, 0.5) is 0 Å². The summed E-state index contributed by atoms with van der Waals surface area (Å²) < 4.78 is 6.65. The third kappa shape index (κ3) is 2.19. The van der Waals surface area contributed by atoms with Crippen molar-refractivity contribution in [3.05, 3.63) is 0 Å². The number of ether oxygens (including phenoxy) is 1. The molecular weight excluding hydrogens is 384 g/mol. The molecular formula is C20H33BrO4. The lowest BCUT2D eigenvalue weighted by atomic mass is 9.42. The van der Waals surface area contributed by atoms with E-state index in [0.29, 0.717) is 18.3 Å². The van der Waals surface area contributed by atoms with Gasteiger partial charge in [0.05, 0.1) is 29.2 Å². The summed E-state index contributed by atoms with van der Waals surface area (Å²) in [5.74, 6) is 0.762. The van der Waals surface area contributed by atoms with Crippen molar-refractivity contribution >= 4 is 15.9 Å². The van der Waals surface area contributed by atoms with Gasteiger partial charge in [0, 0.05) is 12.0 Å². The van der Waals surface area contributed by atoms with Crippen LogP contribution in [0.25, 0.3) is 0 Å². The van der Waals surface area contributed by atoms with Crippen molar-refractivity contribution in [2.24, 2.45) is 28.1 Å². The highest BCUT2D eigenvalue weighted by atomic mass is 79.9. The molecule has 1 saturated heterocycles. The van der Waals surface area contributed by atoms with Crippen molar-refractivity contribution < 1.29 is 20.1 Å².